The number of hydrogen-bond donors (Lipinski definition) is 0. The maximum Gasteiger partial charge on any atom is 0.122 e. The van der Waals surface area contributed by atoms with Gasteiger partial charge in [0.05, 0.1) is 11.8 Å². The third-order valence-electron chi connectivity index (χ3n) is 2.03. The number of fused-ring (bicyclic) bond motifs is 1. The molecule has 0 bridgehead atoms. The Morgan fingerprint density at radius 1 is 1.46 bits per heavy atom. The van der Waals surface area contributed by atoms with Crippen LogP contribution in [0, 0.1) is 0 Å². The lowest BCUT2D eigenvalue weighted by atomic mass is 10.4. The van der Waals surface area contributed by atoms with Crippen LogP contribution in [0.4, 0.5) is 0 Å². The van der Waals surface area contributed by atoms with Crippen LogP contribution in [-0.4, -0.2) is 20.8 Å². The van der Waals surface area contributed by atoms with E-state index in [1.54, 1.807) is 18.0 Å². The number of imidazole rings is 1. The van der Waals surface area contributed by atoms with E-state index in [2.05, 4.69) is 21.5 Å². The Kier molecular flexibility index (Phi) is 2.22. The molecular weight excluding hydrogens is 182 g/mol. The van der Waals surface area contributed by atoms with Crippen molar-refractivity contribution in [2.24, 2.45) is 0 Å². The first kappa shape index (κ1) is 8.56. The van der Waals surface area contributed by atoms with Crippen LogP contribution < -0.4 is 0 Å². The van der Waals surface area contributed by atoms with Gasteiger partial charge >= 0.3 is 0 Å². The van der Waals surface area contributed by atoms with Gasteiger partial charge < -0.3 is 4.57 Å². The molecule has 0 aliphatic carbocycles. The topological polar surface area (TPSA) is 30.7 Å². The molecule has 13 heavy (non-hydrogen) atoms. The van der Waals surface area contributed by atoms with Gasteiger partial charge in [-0.25, -0.2) is 9.97 Å². The Morgan fingerprint density at radius 3 is 3.00 bits per heavy atom. The number of nitrogens with zero attached hydrogens (tertiary/aromatic N) is 3. The molecule has 2 heterocycles. The van der Waals surface area contributed by atoms with Crippen molar-refractivity contribution in [1.82, 2.24) is 14.5 Å². The van der Waals surface area contributed by atoms with E-state index in [-0.39, 0.29) is 0 Å². The molecule has 0 atom stereocenters. The van der Waals surface area contributed by atoms with Gasteiger partial charge in [-0.1, -0.05) is 0 Å². The maximum atomic E-state index is 4.31. The van der Waals surface area contributed by atoms with Crippen LogP contribution in [0.2, 0.25) is 0 Å². The lowest BCUT2D eigenvalue weighted by Gasteiger charge is -2.02. The van der Waals surface area contributed by atoms with Crippen LogP contribution in [0.25, 0.3) is 11.0 Å². The first-order valence-corrected chi connectivity index (χ1v) is 5.43. The number of aryl methyl sites for hydroxylation is 1. The fourth-order valence-electron chi connectivity index (χ4n) is 1.38. The fourth-order valence-corrected chi connectivity index (χ4v) is 1.96. The summed E-state index contributed by atoms with van der Waals surface area (Å²) in [6.07, 6.45) is 5.71. The van der Waals surface area contributed by atoms with Crippen LogP contribution >= 0.6 is 11.8 Å². The molecule has 68 valence electrons. The van der Waals surface area contributed by atoms with E-state index in [1.165, 1.54) is 0 Å². The van der Waals surface area contributed by atoms with E-state index in [0.29, 0.717) is 0 Å². The second-order valence-electron chi connectivity index (χ2n) is 2.72. The first-order chi connectivity index (χ1) is 6.36. The summed E-state index contributed by atoms with van der Waals surface area (Å²) in [7, 11) is 0. The summed E-state index contributed by atoms with van der Waals surface area (Å²) in [6.45, 7) is 3.05. The van der Waals surface area contributed by atoms with Gasteiger partial charge in [-0.3, -0.25) is 0 Å². The van der Waals surface area contributed by atoms with E-state index < -0.39 is 0 Å². The summed E-state index contributed by atoms with van der Waals surface area (Å²) in [4.78, 5) is 8.62. The lowest BCUT2D eigenvalue weighted by Crippen LogP contribution is -1.93. The van der Waals surface area contributed by atoms with Crippen molar-refractivity contribution in [2.75, 3.05) is 6.26 Å². The molecule has 0 aliphatic heterocycles. The molecule has 0 unspecified atom stereocenters. The highest BCUT2D eigenvalue weighted by Crippen LogP contribution is 2.22. The van der Waals surface area contributed by atoms with Gasteiger partial charge in [0, 0.05) is 12.7 Å². The zero-order valence-electron chi connectivity index (χ0n) is 7.69. The molecule has 3 nitrogen and oxygen atoms in total. The monoisotopic (exact) mass is 193 g/mol. The van der Waals surface area contributed by atoms with E-state index >= 15 is 0 Å². The average Bonchev–Trinajstić information content (AvgIpc) is 2.60. The van der Waals surface area contributed by atoms with Crippen LogP contribution in [-0.2, 0) is 6.54 Å². The molecule has 2 aromatic heterocycles. The number of hydrogen-bond acceptors (Lipinski definition) is 3. The minimum Gasteiger partial charge on any atom is -0.329 e. The normalized spacial score (nSPS) is 10.9. The number of pyridine rings is 1. The molecule has 0 spiro atoms. The quantitative estimate of drug-likeness (QED) is 0.685. The molecule has 2 aromatic rings. The SMILES string of the molecule is CCn1cnc2ccnc(SC)c21. The Bertz CT molecular complexity index is 422. The van der Waals surface area contributed by atoms with Gasteiger partial charge in [-0.15, -0.1) is 11.8 Å². The molecule has 0 fully saturated rings. The number of aromatic nitrogens is 3. The van der Waals surface area contributed by atoms with Crippen molar-refractivity contribution in [3.63, 3.8) is 0 Å². The van der Waals surface area contributed by atoms with Gasteiger partial charge in [-0.05, 0) is 19.2 Å². The smallest absolute Gasteiger partial charge is 0.122 e. The molecule has 0 aromatic carbocycles. The average molecular weight is 193 g/mol. The highest BCUT2D eigenvalue weighted by atomic mass is 32.2. The Balaban J connectivity index is 2.76. The summed E-state index contributed by atoms with van der Waals surface area (Å²) >= 11 is 1.66. The van der Waals surface area contributed by atoms with Gasteiger partial charge in [0.1, 0.15) is 10.5 Å². The minimum absolute atomic E-state index is 0.940. The summed E-state index contributed by atoms with van der Waals surface area (Å²) in [6, 6.07) is 1.95. The predicted octanol–water partition coefficient (Wildman–Crippen LogP) is 2.17. The van der Waals surface area contributed by atoms with Gasteiger partial charge in [-0.2, -0.15) is 0 Å². The first-order valence-electron chi connectivity index (χ1n) is 4.20. The van der Waals surface area contributed by atoms with Crippen molar-refractivity contribution in [3.05, 3.63) is 18.6 Å². The molecule has 0 amide bonds. The molecular formula is C9H11N3S. The van der Waals surface area contributed by atoms with Gasteiger partial charge in [0.2, 0.25) is 0 Å². The summed E-state index contributed by atoms with van der Waals surface area (Å²) in [5, 5.41) is 1.05. The Morgan fingerprint density at radius 2 is 2.31 bits per heavy atom. The second-order valence-corrected chi connectivity index (χ2v) is 3.51. The maximum absolute atomic E-state index is 4.31. The van der Waals surface area contributed by atoms with Crippen molar-refractivity contribution >= 4 is 22.8 Å². The number of thioether (sulfide) groups is 1. The Hall–Kier alpha value is -1.03. The highest BCUT2D eigenvalue weighted by Gasteiger charge is 2.06. The van der Waals surface area contributed by atoms with E-state index in [9.17, 15) is 0 Å². The Labute approximate surface area is 81.2 Å². The molecule has 2 rings (SSSR count). The van der Waals surface area contributed by atoms with E-state index in [0.717, 1.165) is 22.6 Å². The van der Waals surface area contributed by atoms with Crippen LogP contribution in [0.1, 0.15) is 6.92 Å². The highest BCUT2D eigenvalue weighted by molar-refractivity contribution is 7.98. The summed E-state index contributed by atoms with van der Waals surface area (Å²) in [5.74, 6) is 0. The fraction of sp³-hybridized carbons (Fsp3) is 0.333. The molecule has 0 aliphatic rings. The van der Waals surface area contributed by atoms with Crippen molar-refractivity contribution in [3.8, 4) is 0 Å². The standard InChI is InChI=1S/C9H11N3S/c1-3-12-6-11-7-4-5-10-9(13-2)8(7)12/h4-6H,3H2,1-2H3. The molecule has 0 saturated heterocycles. The third kappa shape index (κ3) is 1.31. The number of rotatable bonds is 2. The lowest BCUT2D eigenvalue weighted by molar-refractivity contribution is 0.778. The van der Waals surface area contributed by atoms with Crippen molar-refractivity contribution in [2.45, 2.75) is 18.5 Å². The third-order valence-corrected chi connectivity index (χ3v) is 2.71. The molecule has 0 radical (unpaired) electrons. The zero-order chi connectivity index (χ0) is 9.26. The minimum atomic E-state index is 0.940. The van der Waals surface area contributed by atoms with E-state index in [1.807, 2.05) is 18.6 Å². The molecule has 4 heteroatoms. The van der Waals surface area contributed by atoms with Crippen LogP contribution in [0.5, 0.6) is 0 Å². The molecule has 0 N–H and O–H groups in total. The van der Waals surface area contributed by atoms with Crippen molar-refractivity contribution in [1.29, 1.82) is 0 Å². The predicted molar refractivity (Wildman–Crippen MR) is 55.0 cm³/mol. The van der Waals surface area contributed by atoms with E-state index in [4.69, 9.17) is 0 Å². The zero-order valence-corrected chi connectivity index (χ0v) is 8.51. The van der Waals surface area contributed by atoms with Crippen LogP contribution in [0.3, 0.4) is 0 Å². The van der Waals surface area contributed by atoms with Gasteiger partial charge in [0.15, 0.2) is 0 Å². The van der Waals surface area contributed by atoms with Crippen molar-refractivity contribution < 1.29 is 0 Å². The summed E-state index contributed by atoms with van der Waals surface area (Å²) in [5.41, 5.74) is 2.18. The second kappa shape index (κ2) is 3.38. The van der Waals surface area contributed by atoms with Crippen LogP contribution in [0.15, 0.2) is 23.6 Å². The summed E-state index contributed by atoms with van der Waals surface area (Å²) < 4.78 is 2.12. The molecule has 0 saturated carbocycles. The largest absolute Gasteiger partial charge is 0.329 e. The van der Waals surface area contributed by atoms with Gasteiger partial charge in [0.25, 0.3) is 0 Å².